The van der Waals surface area contributed by atoms with Crippen LogP contribution in [-0.2, 0) is 6.54 Å². The van der Waals surface area contributed by atoms with E-state index in [0.717, 1.165) is 6.54 Å². The molecule has 1 rings (SSSR count). The van der Waals surface area contributed by atoms with Gasteiger partial charge in [-0.3, -0.25) is 0 Å². The van der Waals surface area contributed by atoms with Gasteiger partial charge in [0.25, 0.3) is 0 Å². The van der Waals surface area contributed by atoms with Crippen molar-refractivity contribution in [2.24, 2.45) is 0 Å². The smallest absolute Gasteiger partial charge is 0.0767 e. The predicted molar refractivity (Wildman–Crippen MR) is 66.3 cm³/mol. The number of nitrogens with one attached hydrogen (secondary N) is 1. The van der Waals surface area contributed by atoms with Gasteiger partial charge in [-0.1, -0.05) is 0 Å². The molecule has 0 unspecified atom stereocenters. The normalized spacial score (nSPS) is 13.2. The highest BCUT2D eigenvalue weighted by molar-refractivity contribution is 7.11. The Morgan fingerprint density at radius 2 is 1.87 bits per heavy atom. The molecule has 1 heterocycles. The van der Waals surface area contributed by atoms with Crippen LogP contribution in [0.25, 0.3) is 0 Å². The third-order valence-corrected chi connectivity index (χ3v) is 4.03. The van der Waals surface area contributed by atoms with Gasteiger partial charge in [-0.05, 0) is 46.8 Å². The van der Waals surface area contributed by atoms with Crippen molar-refractivity contribution in [2.75, 3.05) is 0 Å². The van der Waals surface area contributed by atoms with E-state index in [-0.39, 0.29) is 5.54 Å². The lowest BCUT2D eigenvalue weighted by Crippen LogP contribution is -2.55. The molecule has 0 bridgehead atoms. The maximum Gasteiger partial charge on any atom is 0.0767 e. The Morgan fingerprint density at radius 1 is 1.27 bits per heavy atom. The van der Waals surface area contributed by atoms with Gasteiger partial charge in [0.1, 0.15) is 0 Å². The van der Waals surface area contributed by atoms with Gasteiger partial charge in [0.05, 0.1) is 5.60 Å². The number of hydrogen-bond acceptors (Lipinski definition) is 3. The zero-order valence-electron chi connectivity index (χ0n) is 10.2. The highest BCUT2D eigenvalue weighted by Crippen LogP contribution is 2.22. The first-order valence-corrected chi connectivity index (χ1v) is 6.07. The summed E-state index contributed by atoms with van der Waals surface area (Å²) in [5.74, 6) is 0. The molecule has 0 saturated carbocycles. The zero-order valence-corrected chi connectivity index (χ0v) is 11.0. The Labute approximate surface area is 96.3 Å². The fourth-order valence-electron chi connectivity index (χ4n) is 1.10. The maximum atomic E-state index is 9.97. The topological polar surface area (TPSA) is 32.3 Å². The standard InChI is InChI=1S/C12H21NOS/c1-9-6-7-10(15-9)8-13-11(2,3)12(4,5)14/h6-7,13-14H,8H2,1-5H3. The molecule has 0 saturated heterocycles. The molecule has 86 valence electrons. The van der Waals surface area contributed by atoms with Crippen molar-refractivity contribution in [1.82, 2.24) is 5.32 Å². The molecule has 0 radical (unpaired) electrons. The van der Waals surface area contributed by atoms with Crippen LogP contribution in [0.3, 0.4) is 0 Å². The van der Waals surface area contributed by atoms with Gasteiger partial charge in [-0.15, -0.1) is 11.3 Å². The molecule has 1 aromatic heterocycles. The van der Waals surface area contributed by atoms with E-state index < -0.39 is 5.60 Å². The molecule has 0 aliphatic heterocycles. The Hall–Kier alpha value is -0.380. The molecule has 0 aliphatic rings. The molecule has 15 heavy (non-hydrogen) atoms. The molecule has 3 heteroatoms. The van der Waals surface area contributed by atoms with E-state index in [1.165, 1.54) is 9.75 Å². The average molecular weight is 227 g/mol. The van der Waals surface area contributed by atoms with Crippen molar-refractivity contribution in [2.45, 2.75) is 52.3 Å². The van der Waals surface area contributed by atoms with Crippen LogP contribution >= 0.6 is 11.3 Å². The first kappa shape index (κ1) is 12.7. The van der Waals surface area contributed by atoms with Gasteiger partial charge >= 0.3 is 0 Å². The molecule has 0 fully saturated rings. The lowest BCUT2D eigenvalue weighted by atomic mass is 9.86. The number of aliphatic hydroxyl groups is 1. The van der Waals surface area contributed by atoms with Crippen molar-refractivity contribution in [3.63, 3.8) is 0 Å². The minimum absolute atomic E-state index is 0.287. The summed E-state index contributed by atoms with van der Waals surface area (Å²) in [5, 5.41) is 13.4. The molecular formula is C12H21NOS. The van der Waals surface area contributed by atoms with Crippen LogP contribution < -0.4 is 5.32 Å². The van der Waals surface area contributed by atoms with Crippen molar-refractivity contribution in [3.8, 4) is 0 Å². The third kappa shape index (κ3) is 3.30. The second-order valence-corrected chi connectivity index (χ2v) is 6.42. The first-order valence-electron chi connectivity index (χ1n) is 5.25. The molecule has 0 aromatic carbocycles. The van der Waals surface area contributed by atoms with Gasteiger partial charge in [0.15, 0.2) is 0 Å². The number of thiophene rings is 1. The second kappa shape index (κ2) is 4.24. The lowest BCUT2D eigenvalue weighted by Gasteiger charge is -2.38. The molecule has 2 nitrogen and oxygen atoms in total. The van der Waals surface area contributed by atoms with Gasteiger partial charge < -0.3 is 10.4 Å². The minimum Gasteiger partial charge on any atom is -0.389 e. The van der Waals surface area contributed by atoms with Crippen molar-refractivity contribution in [3.05, 3.63) is 21.9 Å². The highest BCUT2D eigenvalue weighted by Gasteiger charge is 2.34. The van der Waals surface area contributed by atoms with Crippen LogP contribution in [0.1, 0.15) is 37.4 Å². The van der Waals surface area contributed by atoms with Gasteiger partial charge in [0, 0.05) is 21.8 Å². The molecule has 0 aliphatic carbocycles. The van der Waals surface area contributed by atoms with Crippen LogP contribution in [0.4, 0.5) is 0 Å². The van der Waals surface area contributed by atoms with E-state index in [2.05, 4.69) is 24.4 Å². The van der Waals surface area contributed by atoms with Gasteiger partial charge in [-0.2, -0.15) is 0 Å². The quantitative estimate of drug-likeness (QED) is 0.829. The number of hydrogen-bond donors (Lipinski definition) is 2. The van der Waals surface area contributed by atoms with Crippen LogP contribution in [0, 0.1) is 6.92 Å². The van der Waals surface area contributed by atoms with Crippen LogP contribution in [-0.4, -0.2) is 16.2 Å². The van der Waals surface area contributed by atoms with E-state index >= 15 is 0 Å². The summed E-state index contributed by atoms with van der Waals surface area (Å²) in [5.41, 5.74) is -1.01. The zero-order chi connectivity index (χ0) is 11.7. The molecule has 0 atom stereocenters. The highest BCUT2D eigenvalue weighted by atomic mass is 32.1. The fraction of sp³-hybridized carbons (Fsp3) is 0.667. The van der Waals surface area contributed by atoms with E-state index in [4.69, 9.17) is 0 Å². The largest absolute Gasteiger partial charge is 0.389 e. The summed E-state index contributed by atoms with van der Waals surface area (Å²) in [6.07, 6.45) is 0. The van der Waals surface area contributed by atoms with Crippen molar-refractivity contribution in [1.29, 1.82) is 0 Å². The van der Waals surface area contributed by atoms with E-state index in [1.807, 2.05) is 27.7 Å². The predicted octanol–water partition coefficient (Wildman–Crippen LogP) is 2.70. The Balaban J connectivity index is 2.57. The van der Waals surface area contributed by atoms with Gasteiger partial charge in [0.2, 0.25) is 0 Å². The van der Waals surface area contributed by atoms with Crippen LogP contribution in [0.2, 0.25) is 0 Å². The van der Waals surface area contributed by atoms with Crippen LogP contribution in [0.5, 0.6) is 0 Å². The summed E-state index contributed by atoms with van der Waals surface area (Å²) in [4.78, 5) is 2.64. The summed E-state index contributed by atoms with van der Waals surface area (Å²) in [7, 11) is 0. The Kier molecular flexibility index (Phi) is 3.59. The minimum atomic E-state index is -0.723. The summed E-state index contributed by atoms with van der Waals surface area (Å²) >= 11 is 1.79. The number of aryl methyl sites for hydroxylation is 1. The van der Waals surface area contributed by atoms with E-state index in [1.54, 1.807) is 11.3 Å². The summed E-state index contributed by atoms with van der Waals surface area (Å²) in [6.45, 7) is 10.6. The first-order chi connectivity index (χ1) is 6.72. The maximum absolute atomic E-state index is 9.97. The molecular weight excluding hydrogens is 206 g/mol. The molecule has 0 spiro atoms. The monoisotopic (exact) mass is 227 g/mol. The Morgan fingerprint density at radius 3 is 2.27 bits per heavy atom. The third-order valence-electron chi connectivity index (χ3n) is 3.03. The van der Waals surface area contributed by atoms with Crippen molar-refractivity contribution >= 4 is 11.3 Å². The van der Waals surface area contributed by atoms with Gasteiger partial charge in [-0.25, -0.2) is 0 Å². The summed E-state index contributed by atoms with van der Waals surface area (Å²) < 4.78 is 0. The van der Waals surface area contributed by atoms with E-state index in [0.29, 0.717) is 0 Å². The van der Waals surface area contributed by atoms with E-state index in [9.17, 15) is 5.11 Å². The average Bonchev–Trinajstić information content (AvgIpc) is 2.46. The van der Waals surface area contributed by atoms with Crippen molar-refractivity contribution < 1.29 is 5.11 Å². The molecule has 1 aromatic rings. The Bertz CT molecular complexity index is 323. The second-order valence-electron chi connectivity index (χ2n) is 5.05. The fourth-order valence-corrected chi connectivity index (χ4v) is 1.93. The molecule has 2 N–H and O–H groups in total. The SMILES string of the molecule is Cc1ccc(CNC(C)(C)C(C)(C)O)s1. The van der Waals surface area contributed by atoms with Crippen LogP contribution in [0.15, 0.2) is 12.1 Å². The number of rotatable bonds is 4. The lowest BCUT2D eigenvalue weighted by molar-refractivity contribution is -0.00520. The summed E-state index contributed by atoms with van der Waals surface area (Å²) in [6, 6.07) is 4.26. The molecule has 0 amide bonds.